The van der Waals surface area contributed by atoms with Crippen LogP contribution in [0.15, 0.2) is 18.2 Å². The van der Waals surface area contributed by atoms with Gasteiger partial charge in [-0.3, -0.25) is 9.59 Å². The average Bonchev–Trinajstić information content (AvgIpc) is 3.00. The van der Waals surface area contributed by atoms with E-state index in [1.165, 1.54) is 12.1 Å². The Morgan fingerprint density at radius 2 is 1.85 bits per heavy atom. The number of carbonyl (C=O) groups excluding carboxylic acids is 1. The molecule has 0 spiro atoms. The minimum atomic E-state index is -0.678. The molecule has 1 aromatic rings. The molecule has 1 aromatic carbocycles. The van der Waals surface area contributed by atoms with Gasteiger partial charge in [0, 0.05) is 25.2 Å². The maximum atomic E-state index is 13.7. The number of benzene rings is 1. The van der Waals surface area contributed by atoms with Gasteiger partial charge in [0.1, 0.15) is 11.6 Å². The summed E-state index contributed by atoms with van der Waals surface area (Å²) in [4.78, 5) is 24.7. The van der Waals surface area contributed by atoms with Crippen LogP contribution in [-0.4, -0.2) is 71.7 Å². The van der Waals surface area contributed by atoms with Crippen LogP contribution in [0.1, 0.15) is 18.4 Å². The fourth-order valence-electron chi connectivity index (χ4n) is 4.11. The number of hydrogen-bond acceptors (Lipinski definition) is 4. The highest BCUT2D eigenvalue weighted by Gasteiger charge is 2.43. The number of likely N-dealkylation sites (tertiary alicyclic amines) is 1. The van der Waals surface area contributed by atoms with E-state index >= 15 is 0 Å². The molecule has 8 heteroatoms. The minimum Gasteiger partial charge on any atom is -0.483 e. The van der Waals surface area contributed by atoms with E-state index in [4.69, 9.17) is 9.90 Å². The van der Waals surface area contributed by atoms with Crippen LogP contribution < -0.4 is 0 Å². The number of fused-ring (bicyclic) bond motifs is 1. The molecule has 0 unspecified atom stereocenters. The Balaban J connectivity index is 0.000000817. The zero-order chi connectivity index (χ0) is 20.1. The van der Waals surface area contributed by atoms with Crippen LogP contribution in [0.4, 0.5) is 8.78 Å². The summed E-state index contributed by atoms with van der Waals surface area (Å²) < 4.78 is 26.7. The van der Waals surface area contributed by atoms with Gasteiger partial charge in [-0.25, -0.2) is 8.78 Å². The van der Waals surface area contributed by atoms with Crippen molar-refractivity contribution in [3.8, 4) is 0 Å². The second-order valence-corrected chi connectivity index (χ2v) is 7.41. The molecule has 1 aliphatic heterocycles. The summed E-state index contributed by atoms with van der Waals surface area (Å²) in [6.07, 6.45) is 1.15. The molecule has 1 heterocycles. The molecule has 1 aliphatic carbocycles. The monoisotopic (exact) mass is 384 g/mol. The van der Waals surface area contributed by atoms with Crippen LogP contribution in [0.3, 0.4) is 0 Å². The molecule has 150 valence electrons. The van der Waals surface area contributed by atoms with Crippen molar-refractivity contribution in [2.24, 2.45) is 11.8 Å². The van der Waals surface area contributed by atoms with Crippen LogP contribution in [-0.2, 0) is 16.0 Å². The van der Waals surface area contributed by atoms with Gasteiger partial charge >= 0.3 is 0 Å². The van der Waals surface area contributed by atoms with Gasteiger partial charge in [-0.05, 0) is 50.4 Å². The van der Waals surface area contributed by atoms with Crippen molar-refractivity contribution >= 4 is 12.4 Å². The number of hydrogen-bond donors (Lipinski definition) is 2. The summed E-state index contributed by atoms with van der Waals surface area (Å²) in [7, 11) is 3.92. The van der Waals surface area contributed by atoms with Crippen molar-refractivity contribution in [2.45, 2.75) is 31.4 Å². The van der Waals surface area contributed by atoms with Gasteiger partial charge in [0.2, 0.25) is 5.91 Å². The number of aliphatic hydroxyl groups is 1. The van der Waals surface area contributed by atoms with Crippen molar-refractivity contribution in [3.63, 3.8) is 0 Å². The summed E-state index contributed by atoms with van der Waals surface area (Å²) in [5.74, 6) is -0.769. The minimum absolute atomic E-state index is 0.0504. The van der Waals surface area contributed by atoms with E-state index in [0.29, 0.717) is 31.3 Å². The number of likely N-dealkylation sites (N-methyl/N-ethyl adjacent to an activating group) is 1. The highest BCUT2D eigenvalue weighted by Crippen LogP contribution is 2.38. The van der Waals surface area contributed by atoms with Crippen LogP contribution in [0.2, 0.25) is 0 Å². The molecule has 1 saturated carbocycles. The van der Waals surface area contributed by atoms with Gasteiger partial charge in [-0.1, -0.05) is 6.07 Å². The molecule has 2 N–H and O–H groups in total. The summed E-state index contributed by atoms with van der Waals surface area (Å²) in [5, 5.41) is 17.2. The lowest BCUT2D eigenvalue weighted by molar-refractivity contribution is -0.129. The van der Waals surface area contributed by atoms with Crippen molar-refractivity contribution < 1.29 is 28.6 Å². The zero-order valence-corrected chi connectivity index (χ0v) is 15.5. The van der Waals surface area contributed by atoms with Crippen molar-refractivity contribution in [1.29, 1.82) is 0 Å². The predicted octanol–water partition coefficient (Wildman–Crippen LogP) is 1.37. The van der Waals surface area contributed by atoms with E-state index in [9.17, 15) is 18.7 Å². The summed E-state index contributed by atoms with van der Waals surface area (Å²) in [5.41, 5.74) is 0.225. The molecule has 6 nitrogen and oxygen atoms in total. The van der Waals surface area contributed by atoms with E-state index in [2.05, 4.69) is 0 Å². The Labute approximate surface area is 157 Å². The molecular weight excluding hydrogens is 358 g/mol. The van der Waals surface area contributed by atoms with Crippen LogP contribution in [0, 0.1) is 23.5 Å². The van der Waals surface area contributed by atoms with E-state index in [0.717, 1.165) is 12.5 Å². The van der Waals surface area contributed by atoms with Crippen LogP contribution in [0.5, 0.6) is 0 Å². The molecule has 3 rings (SSSR count). The number of nitrogens with zero attached hydrogens (tertiary/aromatic N) is 2. The highest BCUT2D eigenvalue weighted by molar-refractivity contribution is 5.79. The van der Waals surface area contributed by atoms with Gasteiger partial charge in [0.05, 0.1) is 12.5 Å². The molecule has 27 heavy (non-hydrogen) atoms. The molecule has 1 saturated heterocycles. The number of halogens is 2. The number of carboxylic acid groups (broad SMARTS) is 1. The van der Waals surface area contributed by atoms with Gasteiger partial charge in [0.25, 0.3) is 6.47 Å². The third-order valence-corrected chi connectivity index (χ3v) is 5.48. The number of carbonyl (C=O) groups is 2. The molecule has 2 aliphatic rings. The van der Waals surface area contributed by atoms with E-state index in [-0.39, 0.29) is 36.5 Å². The van der Waals surface area contributed by atoms with E-state index in [1.54, 1.807) is 4.90 Å². The first-order chi connectivity index (χ1) is 12.8. The second kappa shape index (κ2) is 9.23. The predicted molar refractivity (Wildman–Crippen MR) is 95.0 cm³/mol. The SMILES string of the molecule is CN(C)[C@@H]1C[C@@H]2CN(C(=O)Cc3ccc(F)cc3F)C[C@@H]2C[C@H]1O.O=CO. The first-order valence-corrected chi connectivity index (χ1v) is 8.90. The third kappa shape index (κ3) is 5.23. The average molecular weight is 384 g/mol. The van der Waals surface area contributed by atoms with Crippen molar-refractivity contribution in [2.75, 3.05) is 27.2 Å². The Morgan fingerprint density at radius 1 is 1.26 bits per heavy atom. The van der Waals surface area contributed by atoms with Gasteiger partial charge in [-0.2, -0.15) is 0 Å². The molecule has 0 aromatic heterocycles. The molecule has 0 radical (unpaired) electrons. The van der Waals surface area contributed by atoms with E-state index < -0.39 is 11.6 Å². The smallest absolute Gasteiger partial charge is 0.290 e. The fraction of sp³-hybridized carbons (Fsp3) is 0.579. The largest absolute Gasteiger partial charge is 0.483 e. The van der Waals surface area contributed by atoms with Crippen molar-refractivity contribution in [1.82, 2.24) is 9.80 Å². The lowest BCUT2D eigenvalue weighted by Gasteiger charge is -2.38. The lowest BCUT2D eigenvalue weighted by atomic mass is 9.77. The molecular formula is C19H26F2N2O4. The zero-order valence-electron chi connectivity index (χ0n) is 15.5. The van der Waals surface area contributed by atoms with Crippen LogP contribution in [0.25, 0.3) is 0 Å². The number of rotatable bonds is 3. The number of amides is 1. The van der Waals surface area contributed by atoms with Crippen molar-refractivity contribution in [3.05, 3.63) is 35.4 Å². The van der Waals surface area contributed by atoms with Gasteiger partial charge in [-0.15, -0.1) is 0 Å². The fourth-order valence-corrected chi connectivity index (χ4v) is 4.11. The molecule has 0 bridgehead atoms. The quantitative estimate of drug-likeness (QED) is 0.770. The summed E-state index contributed by atoms with van der Waals surface area (Å²) in [6, 6.07) is 3.44. The first kappa shape index (κ1) is 21.2. The van der Waals surface area contributed by atoms with Gasteiger partial charge < -0.3 is 20.0 Å². The maximum Gasteiger partial charge on any atom is 0.290 e. The Bertz CT molecular complexity index is 671. The maximum absolute atomic E-state index is 13.7. The normalized spacial score (nSPS) is 27.0. The Hall–Kier alpha value is -2.06. The Kier molecular flexibility index (Phi) is 7.26. The van der Waals surface area contributed by atoms with Crippen LogP contribution >= 0.6 is 0 Å². The number of aliphatic hydroxyl groups excluding tert-OH is 1. The first-order valence-electron chi connectivity index (χ1n) is 8.90. The summed E-state index contributed by atoms with van der Waals surface area (Å²) >= 11 is 0. The summed E-state index contributed by atoms with van der Waals surface area (Å²) in [6.45, 7) is 1.02. The van der Waals surface area contributed by atoms with E-state index in [1.807, 2.05) is 19.0 Å². The molecule has 4 atom stereocenters. The Morgan fingerprint density at radius 3 is 2.41 bits per heavy atom. The lowest BCUT2D eigenvalue weighted by Crippen LogP contribution is -2.46. The standard InChI is InChI=1S/C18H24F2N2O2.CH2O2/c1-21(2)16-5-12-9-22(10-13(12)6-17(16)23)18(24)7-11-3-4-14(19)8-15(11)20;2-1-3/h3-4,8,12-13,16-17,23H,5-7,9-10H2,1-2H3;1H,(H,2,3)/t12-,13+,16-,17-;/m1./s1. The molecule has 2 fully saturated rings. The second-order valence-electron chi connectivity index (χ2n) is 7.41. The highest BCUT2D eigenvalue weighted by atomic mass is 19.1. The third-order valence-electron chi connectivity index (χ3n) is 5.48. The van der Waals surface area contributed by atoms with Gasteiger partial charge in [0.15, 0.2) is 0 Å². The topological polar surface area (TPSA) is 81.1 Å². The molecule has 1 amide bonds.